The number of rotatable bonds is 10. The van der Waals surface area contributed by atoms with Crippen molar-refractivity contribution in [3.8, 4) is 11.5 Å². The minimum atomic E-state index is -0.349. The van der Waals surface area contributed by atoms with E-state index in [0.29, 0.717) is 24.3 Å². The van der Waals surface area contributed by atoms with E-state index in [2.05, 4.69) is 35.4 Å². The molecular formula is C31H38N6O3. The van der Waals surface area contributed by atoms with Gasteiger partial charge in [-0.3, -0.25) is 15.6 Å². The Labute approximate surface area is 235 Å². The summed E-state index contributed by atoms with van der Waals surface area (Å²) >= 11 is 0. The van der Waals surface area contributed by atoms with Crippen molar-refractivity contribution in [3.63, 3.8) is 0 Å². The van der Waals surface area contributed by atoms with Crippen LogP contribution in [0.4, 0.5) is 0 Å². The lowest BCUT2D eigenvalue weighted by atomic mass is 10.1. The van der Waals surface area contributed by atoms with Gasteiger partial charge in [0.05, 0.1) is 33.9 Å². The Hall–Kier alpha value is -4.63. The maximum atomic E-state index is 11.5. The highest BCUT2D eigenvalue weighted by Gasteiger charge is 2.19. The van der Waals surface area contributed by atoms with E-state index in [9.17, 15) is 4.79 Å². The molecule has 9 nitrogen and oxygen atoms in total. The van der Waals surface area contributed by atoms with Crippen LogP contribution in [0.3, 0.4) is 0 Å². The minimum absolute atomic E-state index is 0.0117. The molecule has 40 heavy (non-hydrogen) atoms. The van der Waals surface area contributed by atoms with Gasteiger partial charge < -0.3 is 30.4 Å². The standard InChI is InChI=1S/C22H29N5O3.C9H9N/c1-29-18-10-9-17(19(12-18)30-2)15-27(21(25)14-26-22(28)13-23)20(24)11-8-16-6-4-3-5-7-16;1-7-6-10-9-5-3-2-4-8(7)9/h3-7,9-10,12,24-25H,8,11,13-15,23H2,1-2H3,(H,26,28);2-6,10H,1H3. The maximum Gasteiger partial charge on any atom is 0.234 e. The normalized spacial score (nSPS) is 10.3. The average molecular weight is 543 g/mol. The van der Waals surface area contributed by atoms with Crippen molar-refractivity contribution in [3.05, 3.63) is 95.7 Å². The number of H-pyrrole nitrogens is 1. The highest BCUT2D eigenvalue weighted by Crippen LogP contribution is 2.26. The number of hydrogen-bond donors (Lipinski definition) is 5. The molecule has 1 amide bonds. The molecule has 0 aliphatic carbocycles. The summed E-state index contributed by atoms with van der Waals surface area (Å²) in [6, 6.07) is 23.6. The molecule has 0 bridgehead atoms. The monoisotopic (exact) mass is 542 g/mol. The number of fused-ring (bicyclic) bond motifs is 1. The van der Waals surface area contributed by atoms with Gasteiger partial charge in [0.25, 0.3) is 0 Å². The molecule has 0 aliphatic heterocycles. The SMILES string of the molecule is COc1ccc(CN(C(=N)CCc2ccccc2)C(=N)CNC(=O)CN)c(OC)c1.Cc1c[nH]c2ccccc12. The van der Waals surface area contributed by atoms with E-state index in [4.69, 9.17) is 26.0 Å². The second-order valence-electron chi connectivity index (χ2n) is 9.14. The summed E-state index contributed by atoms with van der Waals surface area (Å²) in [5.41, 5.74) is 9.79. The number of nitrogens with zero attached hydrogens (tertiary/aromatic N) is 1. The molecule has 210 valence electrons. The summed E-state index contributed by atoms with van der Waals surface area (Å²) in [5.74, 6) is 1.30. The van der Waals surface area contributed by atoms with Gasteiger partial charge in [0, 0.05) is 35.2 Å². The number of aromatic nitrogens is 1. The van der Waals surface area contributed by atoms with Gasteiger partial charge in [0.2, 0.25) is 5.91 Å². The first-order chi connectivity index (χ1) is 19.4. The van der Waals surface area contributed by atoms with Crippen molar-refractivity contribution in [2.75, 3.05) is 27.3 Å². The van der Waals surface area contributed by atoms with Crippen molar-refractivity contribution in [1.82, 2.24) is 15.2 Å². The lowest BCUT2D eigenvalue weighted by Gasteiger charge is -2.27. The smallest absolute Gasteiger partial charge is 0.234 e. The van der Waals surface area contributed by atoms with Crippen molar-refractivity contribution < 1.29 is 14.3 Å². The Morgan fingerprint density at radius 2 is 1.70 bits per heavy atom. The zero-order valence-electron chi connectivity index (χ0n) is 23.3. The van der Waals surface area contributed by atoms with E-state index in [1.807, 2.05) is 54.7 Å². The van der Waals surface area contributed by atoms with E-state index in [0.717, 1.165) is 11.1 Å². The first-order valence-electron chi connectivity index (χ1n) is 13.0. The van der Waals surface area contributed by atoms with Crippen LogP contribution in [0.25, 0.3) is 10.9 Å². The number of benzene rings is 3. The first kappa shape index (κ1) is 29.9. The van der Waals surface area contributed by atoms with E-state index in [1.54, 1.807) is 25.2 Å². The summed E-state index contributed by atoms with van der Waals surface area (Å²) in [7, 11) is 3.14. The molecule has 4 aromatic rings. The van der Waals surface area contributed by atoms with Gasteiger partial charge in [-0.2, -0.15) is 0 Å². The number of carbonyl (C=O) groups is 1. The van der Waals surface area contributed by atoms with E-state index >= 15 is 0 Å². The van der Waals surface area contributed by atoms with Crippen LogP contribution in [0.2, 0.25) is 0 Å². The van der Waals surface area contributed by atoms with Gasteiger partial charge in [-0.25, -0.2) is 0 Å². The summed E-state index contributed by atoms with van der Waals surface area (Å²) in [6.07, 6.45) is 3.17. The van der Waals surface area contributed by atoms with Gasteiger partial charge >= 0.3 is 0 Å². The molecule has 0 saturated heterocycles. The van der Waals surface area contributed by atoms with Crippen molar-refractivity contribution in [1.29, 1.82) is 10.8 Å². The molecule has 9 heteroatoms. The zero-order chi connectivity index (χ0) is 28.9. The summed E-state index contributed by atoms with van der Waals surface area (Å²) in [6.45, 7) is 2.21. The summed E-state index contributed by atoms with van der Waals surface area (Å²) < 4.78 is 10.7. The molecule has 6 N–H and O–H groups in total. The van der Waals surface area contributed by atoms with Crippen LogP contribution in [0.15, 0.2) is 79.0 Å². The van der Waals surface area contributed by atoms with Gasteiger partial charge in [0.1, 0.15) is 23.2 Å². The number of para-hydroxylation sites is 1. The van der Waals surface area contributed by atoms with Crippen LogP contribution in [-0.4, -0.2) is 54.8 Å². The third-order valence-corrected chi connectivity index (χ3v) is 6.40. The lowest BCUT2D eigenvalue weighted by molar-refractivity contribution is -0.119. The number of aromatic amines is 1. The maximum absolute atomic E-state index is 11.5. The number of aryl methyl sites for hydroxylation is 2. The Morgan fingerprint density at radius 1 is 0.975 bits per heavy atom. The molecule has 0 saturated carbocycles. The number of ether oxygens (including phenoxy) is 2. The van der Waals surface area contributed by atoms with Crippen LogP contribution < -0.4 is 20.5 Å². The predicted molar refractivity (Wildman–Crippen MR) is 160 cm³/mol. The molecule has 0 radical (unpaired) electrons. The topological polar surface area (TPSA) is 140 Å². The number of carbonyl (C=O) groups excluding carboxylic acids is 1. The van der Waals surface area contributed by atoms with Crippen molar-refractivity contribution >= 4 is 28.5 Å². The molecular weight excluding hydrogens is 504 g/mol. The van der Waals surface area contributed by atoms with E-state index in [1.165, 1.54) is 16.5 Å². The summed E-state index contributed by atoms with van der Waals surface area (Å²) in [4.78, 5) is 16.3. The Balaban J connectivity index is 0.000000364. The third kappa shape index (κ3) is 8.44. The molecule has 1 heterocycles. The van der Waals surface area contributed by atoms with Crippen molar-refractivity contribution in [2.24, 2.45) is 5.73 Å². The molecule has 1 aromatic heterocycles. The fourth-order valence-electron chi connectivity index (χ4n) is 4.12. The average Bonchev–Trinajstić information content (AvgIpc) is 3.38. The van der Waals surface area contributed by atoms with Crippen LogP contribution >= 0.6 is 0 Å². The molecule has 0 aliphatic rings. The number of hydrogen-bond acceptors (Lipinski definition) is 6. The fraction of sp³-hybridized carbons (Fsp3) is 0.258. The van der Waals surface area contributed by atoms with E-state index < -0.39 is 0 Å². The van der Waals surface area contributed by atoms with Crippen LogP contribution in [0.5, 0.6) is 11.5 Å². The molecule has 0 atom stereocenters. The highest BCUT2D eigenvalue weighted by atomic mass is 16.5. The largest absolute Gasteiger partial charge is 0.497 e. The lowest BCUT2D eigenvalue weighted by Crippen LogP contribution is -2.43. The summed E-state index contributed by atoms with van der Waals surface area (Å²) in [5, 5.41) is 21.0. The van der Waals surface area contributed by atoms with Crippen LogP contribution in [0, 0.1) is 17.7 Å². The highest BCUT2D eigenvalue weighted by molar-refractivity contribution is 6.00. The Bertz CT molecular complexity index is 1420. The van der Waals surface area contributed by atoms with Gasteiger partial charge in [-0.1, -0.05) is 48.5 Å². The van der Waals surface area contributed by atoms with Crippen LogP contribution in [0.1, 0.15) is 23.1 Å². The molecule has 0 unspecified atom stereocenters. The Kier molecular flexibility index (Phi) is 11.3. The third-order valence-electron chi connectivity index (χ3n) is 6.40. The number of methoxy groups -OCH3 is 2. The molecule has 0 fully saturated rings. The zero-order valence-corrected chi connectivity index (χ0v) is 23.3. The number of amides is 1. The quantitative estimate of drug-likeness (QED) is 0.147. The van der Waals surface area contributed by atoms with Gasteiger partial charge in [-0.05, 0) is 42.7 Å². The number of nitrogens with two attached hydrogens (primary N) is 1. The number of amidine groups is 2. The number of nitrogens with one attached hydrogen (secondary N) is 4. The molecule has 0 spiro atoms. The second-order valence-corrected chi connectivity index (χ2v) is 9.14. The van der Waals surface area contributed by atoms with Crippen molar-refractivity contribution in [2.45, 2.75) is 26.3 Å². The Morgan fingerprint density at radius 3 is 2.38 bits per heavy atom. The van der Waals surface area contributed by atoms with Gasteiger partial charge in [0.15, 0.2) is 0 Å². The molecule has 3 aromatic carbocycles. The van der Waals surface area contributed by atoms with Crippen LogP contribution in [-0.2, 0) is 17.8 Å². The van der Waals surface area contributed by atoms with E-state index in [-0.39, 0.29) is 37.2 Å². The second kappa shape index (κ2) is 15.1. The minimum Gasteiger partial charge on any atom is -0.497 e. The predicted octanol–water partition coefficient (Wildman–Crippen LogP) is 4.64. The first-order valence-corrected chi connectivity index (χ1v) is 13.0. The molecule has 4 rings (SSSR count). The van der Waals surface area contributed by atoms with Gasteiger partial charge in [-0.15, -0.1) is 0 Å². The fourth-order valence-corrected chi connectivity index (χ4v) is 4.12.